The lowest BCUT2D eigenvalue weighted by Crippen LogP contribution is -2.32. The van der Waals surface area contributed by atoms with E-state index in [1.165, 1.54) is 11.0 Å². The Balaban J connectivity index is 2.11. The van der Waals surface area contributed by atoms with Gasteiger partial charge in [-0.2, -0.15) is 0 Å². The lowest BCUT2D eigenvalue weighted by molar-refractivity contribution is -0.140. The zero-order chi connectivity index (χ0) is 21.1. The van der Waals surface area contributed by atoms with Crippen LogP contribution < -0.4 is 0 Å². The Labute approximate surface area is 177 Å². The first-order valence-corrected chi connectivity index (χ1v) is 10.0. The second-order valence-corrected chi connectivity index (χ2v) is 8.09. The van der Waals surface area contributed by atoms with Crippen molar-refractivity contribution in [3.05, 3.63) is 75.5 Å². The molecule has 1 N–H and O–H groups in total. The van der Waals surface area contributed by atoms with Crippen LogP contribution >= 0.6 is 15.9 Å². The molecule has 1 unspecified atom stereocenters. The van der Waals surface area contributed by atoms with Gasteiger partial charge in [-0.15, -0.1) is 0 Å². The zero-order valence-corrected chi connectivity index (χ0v) is 17.8. The van der Waals surface area contributed by atoms with Gasteiger partial charge in [0.05, 0.1) is 11.6 Å². The van der Waals surface area contributed by atoms with E-state index >= 15 is 0 Å². The summed E-state index contributed by atoms with van der Waals surface area (Å²) in [7, 11) is 3.83. The Morgan fingerprint density at radius 2 is 1.79 bits per heavy atom. The van der Waals surface area contributed by atoms with Crippen LogP contribution in [0.5, 0.6) is 0 Å². The number of Topliss-reactive ketones (excluding diaryl/α,β-unsaturated/α-hetero) is 1. The SMILES string of the molecule is CN(C)CCCN1C(=O)C(=O)/C(=C(\O)c2ccc(Br)cc2)C1c1ccccc1F. The Kier molecular flexibility index (Phi) is 6.49. The van der Waals surface area contributed by atoms with Gasteiger partial charge < -0.3 is 14.9 Å². The van der Waals surface area contributed by atoms with Gasteiger partial charge in [0.1, 0.15) is 11.6 Å². The zero-order valence-electron chi connectivity index (χ0n) is 16.2. The summed E-state index contributed by atoms with van der Waals surface area (Å²) in [6.45, 7) is 0.985. The summed E-state index contributed by atoms with van der Waals surface area (Å²) in [4.78, 5) is 28.9. The molecule has 2 aromatic rings. The van der Waals surface area contributed by atoms with Gasteiger partial charge in [-0.3, -0.25) is 9.59 Å². The number of benzene rings is 2. The quantitative estimate of drug-likeness (QED) is 0.402. The number of carbonyl (C=O) groups is 2. The Morgan fingerprint density at radius 3 is 2.41 bits per heavy atom. The molecule has 0 saturated carbocycles. The van der Waals surface area contributed by atoms with Gasteiger partial charge in [-0.1, -0.05) is 46.3 Å². The fourth-order valence-electron chi connectivity index (χ4n) is 3.45. The van der Waals surface area contributed by atoms with Crippen molar-refractivity contribution in [1.29, 1.82) is 0 Å². The van der Waals surface area contributed by atoms with Crippen molar-refractivity contribution < 1.29 is 19.1 Å². The molecule has 1 atom stereocenters. The topological polar surface area (TPSA) is 60.9 Å². The van der Waals surface area contributed by atoms with Crippen molar-refractivity contribution in [1.82, 2.24) is 9.80 Å². The molecule has 1 saturated heterocycles. The molecule has 29 heavy (non-hydrogen) atoms. The molecule has 0 radical (unpaired) electrons. The summed E-state index contributed by atoms with van der Waals surface area (Å²) < 4.78 is 15.5. The maximum atomic E-state index is 14.6. The first-order chi connectivity index (χ1) is 13.8. The van der Waals surface area contributed by atoms with Gasteiger partial charge in [-0.25, -0.2) is 4.39 Å². The van der Waals surface area contributed by atoms with Crippen molar-refractivity contribution in [2.24, 2.45) is 0 Å². The summed E-state index contributed by atoms with van der Waals surface area (Å²) in [6, 6.07) is 11.8. The lowest BCUT2D eigenvalue weighted by Gasteiger charge is -2.26. The highest BCUT2D eigenvalue weighted by Crippen LogP contribution is 2.40. The van der Waals surface area contributed by atoms with Gasteiger partial charge in [0.15, 0.2) is 0 Å². The summed E-state index contributed by atoms with van der Waals surface area (Å²) in [6.07, 6.45) is 0.614. The number of hydrogen-bond donors (Lipinski definition) is 1. The molecule has 1 aliphatic heterocycles. The molecule has 1 heterocycles. The van der Waals surface area contributed by atoms with Crippen molar-refractivity contribution in [3.8, 4) is 0 Å². The monoisotopic (exact) mass is 460 g/mol. The van der Waals surface area contributed by atoms with Gasteiger partial charge in [-0.05, 0) is 45.3 Å². The predicted octanol–water partition coefficient (Wildman–Crippen LogP) is 3.96. The van der Waals surface area contributed by atoms with E-state index in [9.17, 15) is 19.1 Å². The summed E-state index contributed by atoms with van der Waals surface area (Å²) >= 11 is 3.33. The number of aliphatic hydroxyl groups excluding tert-OH is 1. The molecule has 0 aromatic heterocycles. The van der Waals surface area contributed by atoms with Crippen LogP contribution in [0.2, 0.25) is 0 Å². The minimum absolute atomic E-state index is 0.0905. The first kappa shape index (κ1) is 21.2. The van der Waals surface area contributed by atoms with Crippen LogP contribution in [-0.4, -0.2) is 53.8 Å². The fourth-order valence-corrected chi connectivity index (χ4v) is 3.72. The van der Waals surface area contributed by atoms with Crippen LogP contribution in [0.25, 0.3) is 5.76 Å². The second-order valence-electron chi connectivity index (χ2n) is 7.18. The van der Waals surface area contributed by atoms with E-state index in [-0.39, 0.29) is 23.4 Å². The number of halogens is 2. The molecule has 1 amide bonds. The molecular formula is C22H22BrFN2O3. The maximum absolute atomic E-state index is 14.6. The van der Waals surface area contributed by atoms with Crippen molar-refractivity contribution in [2.75, 3.05) is 27.2 Å². The van der Waals surface area contributed by atoms with Crippen molar-refractivity contribution >= 4 is 33.4 Å². The summed E-state index contributed by atoms with van der Waals surface area (Å²) in [5.41, 5.74) is 0.489. The number of hydrogen-bond acceptors (Lipinski definition) is 4. The Hall–Kier alpha value is -2.51. The number of aliphatic hydroxyl groups is 1. The van der Waals surface area contributed by atoms with Crippen molar-refractivity contribution in [3.63, 3.8) is 0 Å². The highest BCUT2D eigenvalue weighted by molar-refractivity contribution is 9.10. The van der Waals surface area contributed by atoms with E-state index in [4.69, 9.17) is 0 Å². The number of nitrogens with zero attached hydrogens (tertiary/aromatic N) is 2. The molecule has 0 bridgehead atoms. The third-order valence-electron chi connectivity index (χ3n) is 4.86. The van der Waals surface area contributed by atoms with Crippen molar-refractivity contribution in [2.45, 2.75) is 12.5 Å². The normalized spacial score (nSPS) is 18.7. The highest BCUT2D eigenvalue weighted by atomic mass is 79.9. The Morgan fingerprint density at radius 1 is 1.14 bits per heavy atom. The lowest BCUT2D eigenvalue weighted by atomic mass is 9.95. The van der Waals surface area contributed by atoms with E-state index < -0.39 is 23.5 Å². The average Bonchev–Trinajstić information content (AvgIpc) is 2.93. The van der Waals surface area contributed by atoms with Gasteiger partial charge >= 0.3 is 0 Å². The van der Waals surface area contributed by atoms with Gasteiger partial charge in [0, 0.05) is 22.1 Å². The van der Waals surface area contributed by atoms with E-state index in [1.54, 1.807) is 42.5 Å². The summed E-state index contributed by atoms with van der Waals surface area (Å²) in [5.74, 6) is -2.36. The van der Waals surface area contributed by atoms with Crippen LogP contribution in [0.1, 0.15) is 23.6 Å². The average molecular weight is 461 g/mol. The molecule has 3 rings (SSSR count). The van der Waals surface area contributed by atoms with Crippen LogP contribution in [0, 0.1) is 5.82 Å². The van der Waals surface area contributed by atoms with Crippen LogP contribution in [0.3, 0.4) is 0 Å². The fraction of sp³-hybridized carbons (Fsp3) is 0.273. The number of rotatable bonds is 6. The number of likely N-dealkylation sites (tertiary alicyclic amines) is 1. The molecule has 1 fully saturated rings. The van der Waals surface area contributed by atoms with Crippen LogP contribution in [0.15, 0.2) is 58.6 Å². The minimum Gasteiger partial charge on any atom is -0.507 e. The van der Waals surface area contributed by atoms with E-state index in [2.05, 4.69) is 15.9 Å². The van der Waals surface area contributed by atoms with Gasteiger partial charge in [0.25, 0.3) is 11.7 Å². The molecule has 0 aliphatic carbocycles. The van der Waals surface area contributed by atoms with Crippen LogP contribution in [-0.2, 0) is 9.59 Å². The van der Waals surface area contributed by atoms with Gasteiger partial charge in [0.2, 0.25) is 0 Å². The van der Waals surface area contributed by atoms with E-state index in [1.807, 2.05) is 19.0 Å². The van der Waals surface area contributed by atoms with E-state index in [0.29, 0.717) is 18.5 Å². The Bertz CT molecular complexity index is 957. The molecule has 2 aromatic carbocycles. The van der Waals surface area contributed by atoms with E-state index in [0.717, 1.165) is 4.47 Å². The molecular weight excluding hydrogens is 439 g/mol. The molecule has 1 aliphatic rings. The number of carbonyl (C=O) groups excluding carboxylic acids is 2. The highest BCUT2D eigenvalue weighted by Gasteiger charge is 2.46. The first-order valence-electron chi connectivity index (χ1n) is 9.24. The third-order valence-corrected chi connectivity index (χ3v) is 5.39. The molecule has 0 spiro atoms. The molecule has 152 valence electrons. The predicted molar refractivity (Wildman–Crippen MR) is 113 cm³/mol. The number of amides is 1. The third kappa shape index (κ3) is 4.41. The van der Waals surface area contributed by atoms with Crippen LogP contribution in [0.4, 0.5) is 4.39 Å². The largest absolute Gasteiger partial charge is 0.507 e. The standard InChI is InChI=1S/C22H22BrFN2O3/c1-25(2)12-5-13-26-19(16-6-3-4-7-17(16)24)18(21(28)22(26)29)20(27)14-8-10-15(23)11-9-14/h3-4,6-11,19,27H,5,12-13H2,1-2H3/b20-18-. The molecule has 5 nitrogen and oxygen atoms in total. The smallest absolute Gasteiger partial charge is 0.295 e. The summed E-state index contributed by atoms with van der Waals surface area (Å²) in [5, 5.41) is 10.9. The molecule has 7 heteroatoms. The second kappa shape index (κ2) is 8.88. The maximum Gasteiger partial charge on any atom is 0.295 e. The minimum atomic E-state index is -0.970. The number of ketones is 1.